The molecule has 1 amide bonds. The van der Waals surface area contributed by atoms with Crippen LogP contribution in [0.25, 0.3) is 0 Å². The zero-order valence-corrected chi connectivity index (χ0v) is 11.6. The van der Waals surface area contributed by atoms with Gasteiger partial charge in [-0.15, -0.1) is 0 Å². The molecule has 0 radical (unpaired) electrons. The third kappa shape index (κ3) is 3.27. The minimum absolute atomic E-state index is 0.191. The van der Waals surface area contributed by atoms with Crippen molar-refractivity contribution in [1.29, 1.82) is 0 Å². The van der Waals surface area contributed by atoms with Crippen LogP contribution in [0.1, 0.15) is 12.1 Å². The third-order valence-electron chi connectivity index (χ3n) is 2.88. The summed E-state index contributed by atoms with van der Waals surface area (Å²) < 4.78 is 14.5. The topological polar surface area (TPSA) is 72.9 Å². The summed E-state index contributed by atoms with van der Waals surface area (Å²) in [6.07, 6.45) is 1.75. The van der Waals surface area contributed by atoms with E-state index in [4.69, 9.17) is 17.3 Å². The van der Waals surface area contributed by atoms with Crippen molar-refractivity contribution in [2.75, 3.05) is 11.1 Å². The molecule has 2 aromatic rings. The Morgan fingerprint density at radius 2 is 2.30 bits per heavy atom. The van der Waals surface area contributed by atoms with Gasteiger partial charge in [-0.3, -0.25) is 9.48 Å². The predicted molar refractivity (Wildman–Crippen MR) is 76.0 cm³/mol. The molecular formula is C13H14ClFN4O. The highest BCUT2D eigenvalue weighted by molar-refractivity contribution is 6.31. The Morgan fingerprint density at radius 3 is 2.90 bits per heavy atom. The molecule has 0 aliphatic heterocycles. The number of nitrogens with two attached hydrogens (primary N) is 1. The number of amides is 1. The van der Waals surface area contributed by atoms with Gasteiger partial charge in [0, 0.05) is 6.42 Å². The number of rotatable bonds is 4. The third-order valence-corrected chi connectivity index (χ3v) is 3.25. The number of nitrogen functional groups attached to an aromatic ring is 1. The lowest BCUT2D eigenvalue weighted by atomic mass is 10.2. The Bertz CT molecular complexity index is 641. The van der Waals surface area contributed by atoms with E-state index >= 15 is 0 Å². The summed E-state index contributed by atoms with van der Waals surface area (Å²) in [4.78, 5) is 11.8. The lowest BCUT2D eigenvalue weighted by molar-refractivity contribution is -0.116. The summed E-state index contributed by atoms with van der Waals surface area (Å²) in [6, 6.07) is 3.83. The minimum Gasteiger partial charge on any atom is -0.397 e. The molecular weight excluding hydrogens is 283 g/mol. The number of nitrogens with one attached hydrogen (secondary N) is 1. The molecule has 0 saturated carbocycles. The van der Waals surface area contributed by atoms with Gasteiger partial charge in [-0.25, -0.2) is 4.39 Å². The Balaban J connectivity index is 1.94. The first kappa shape index (κ1) is 14.3. The van der Waals surface area contributed by atoms with Crippen LogP contribution in [-0.4, -0.2) is 15.7 Å². The summed E-state index contributed by atoms with van der Waals surface area (Å²) >= 11 is 5.87. The van der Waals surface area contributed by atoms with Crippen molar-refractivity contribution in [3.63, 3.8) is 0 Å². The van der Waals surface area contributed by atoms with Crippen molar-refractivity contribution < 1.29 is 9.18 Å². The van der Waals surface area contributed by atoms with Gasteiger partial charge >= 0.3 is 0 Å². The monoisotopic (exact) mass is 296 g/mol. The van der Waals surface area contributed by atoms with Gasteiger partial charge in [0.1, 0.15) is 5.82 Å². The van der Waals surface area contributed by atoms with E-state index in [1.165, 1.54) is 18.3 Å². The molecule has 20 heavy (non-hydrogen) atoms. The molecule has 0 fully saturated rings. The van der Waals surface area contributed by atoms with Gasteiger partial charge in [-0.05, 0) is 25.1 Å². The number of hydrogen-bond donors (Lipinski definition) is 2. The lowest BCUT2D eigenvalue weighted by Crippen LogP contribution is -2.16. The second kappa shape index (κ2) is 5.92. The summed E-state index contributed by atoms with van der Waals surface area (Å²) in [5, 5.41) is 7.25. The van der Waals surface area contributed by atoms with E-state index in [-0.39, 0.29) is 18.0 Å². The van der Waals surface area contributed by atoms with E-state index < -0.39 is 5.82 Å². The molecule has 0 bridgehead atoms. The fourth-order valence-electron chi connectivity index (χ4n) is 1.72. The quantitative estimate of drug-likeness (QED) is 0.852. The molecule has 106 valence electrons. The molecule has 0 saturated heterocycles. The SMILES string of the molecule is Cc1c(Cl)cnn1CCC(=O)Nc1ccc(F)cc1N. The molecule has 0 unspecified atom stereocenters. The number of benzene rings is 1. The number of nitrogens with zero attached hydrogens (tertiary/aromatic N) is 2. The maximum atomic E-state index is 12.9. The van der Waals surface area contributed by atoms with Crippen molar-refractivity contribution in [3.8, 4) is 0 Å². The maximum Gasteiger partial charge on any atom is 0.226 e. The fraction of sp³-hybridized carbons (Fsp3) is 0.231. The van der Waals surface area contributed by atoms with E-state index in [0.29, 0.717) is 17.3 Å². The van der Waals surface area contributed by atoms with Crippen molar-refractivity contribution in [2.24, 2.45) is 0 Å². The highest BCUT2D eigenvalue weighted by atomic mass is 35.5. The van der Waals surface area contributed by atoms with E-state index in [1.807, 2.05) is 6.92 Å². The highest BCUT2D eigenvalue weighted by Crippen LogP contribution is 2.19. The normalized spacial score (nSPS) is 10.6. The maximum absolute atomic E-state index is 12.9. The zero-order chi connectivity index (χ0) is 14.7. The van der Waals surface area contributed by atoms with Crippen LogP contribution in [0.2, 0.25) is 5.02 Å². The number of hydrogen-bond acceptors (Lipinski definition) is 3. The predicted octanol–water partition coefficient (Wildman–Crippen LogP) is 2.60. The Morgan fingerprint density at radius 1 is 1.55 bits per heavy atom. The molecule has 0 atom stereocenters. The molecule has 0 spiro atoms. The fourth-order valence-corrected chi connectivity index (χ4v) is 1.86. The van der Waals surface area contributed by atoms with Crippen LogP contribution >= 0.6 is 11.6 Å². The second-order valence-electron chi connectivity index (χ2n) is 4.33. The molecule has 7 heteroatoms. The summed E-state index contributed by atoms with van der Waals surface area (Å²) in [6.45, 7) is 2.23. The Hall–Kier alpha value is -2.08. The van der Waals surface area contributed by atoms with Crippen molar-refractivity contribution >= 4 is 28.9 Å². The molecule has 3 N–H and O–H groups in total. The van der Waals surface area contributed by atoms with Crippen LogP contribution in [0.15, 0.2) is 24.4 Å². The highest BCUT2D eigenvalue weighted by Gasteiger charge is 2.09. The van der Waals surface area contributed by atoms with Crippen molar-refractivity contribution in [1.82, 2.24) is 9.78 Å². The van der Waals surface area contributed by atoms with E-state index in [2.05, 4.69) is 10.4 Å². The summed E-state index contributed by atoms with van der Waals surface area (Å²) in [7, 11) is 0. The molecule has 5 nitrogen and oxygen atoms in total. The van der Waals surface area contributed by atoms with Gasteiger partial charge in [-0.2, -0.15) is 5.10 Å². The largest absolute Gasteiger partial charge is 0.397 e. The van der Waals surface area contributed by atoms with Gasteiger partial charge in [0.05, 0.1) is 34.8 Å². The molecule has 1 heterocycles. The number of aromatic nitrogens is 2. The van der Waals surface area contributed by atoms with Crippen LogP contribution in [0, 0.1) is 12.7 Å². The molecule has 0 aliphatic rings. The molecule has 1 aromatic heterocycles. The van der Waals surface area contributed by atoms with Crippen LogP contribution in [0.3, 0.4) is 0 Å². The van der Waals surface area contributed by atoms with Gasteiger partial charge in [0.15, 0.2) is 0 Å². The second-order valence-corrected chi connectivity index (χ2v) is 4.74. The van der Waals surface area contributed by atoms with Crippen LogP contribution in [-0.2, 0) is 11.3 Å². The van der Waals surface area contributed by atoms with Gasteiger partial charge in [-0.1, -0.05) is 11.6 Å². The van der Waals surface area contributed by atoms with Crippen LogP contribution < -0.4 is 11.1 Å². The van der Waals surface area contributed by atoms with Crippen LogP contribution in [0.5, 0.6) is 0 Å². The number of carbonyl (C=O) groups is 1. The van der Waals surface area contributed by atoms with E-state index in [9.17, 15) is 9.18 Å². The number of anilines is 2. The zero-order valence-electron chi connectivity index (χ0n) is 10.9. The number of carbonyl (C=O) groups excluding carboxylic acids is 1. The average molecular weight is 297 g/mol. The summed E-state index contributed by atoms with van der Waals surface area (Å²) in [5.41, 5.74) is 7.01. The summed E-state index contributed by atoms with van der Waals surface area (Å²) in [5.74, 6) is -0.670. The molecule has 2 rings (SSSR count). The van der Waals surface area contributed by atoms with Crippen molar-refractivity contribution in [3.05, 3.63) is 40.9 Å². The van der Waals surface area contributed by atoms with E-state index in [1.54, 1.807) is 4.68 Å². The minimum atomic E-state index is -0.442. The van der Waals surface area contributed by atoms with Gasteiger partial charge in [0.2, 0.25) is 5.91 Å². The first-order chi connectivity index (χ1) is 9.47. The average Bonchev–Trinajstić information content (AvgIpc) is 2.71. The first-order valence-corrected chi connectivity index (χ1v) is 6.38. The molecule has 0 aliphatic carbocycles. The Kier molecular flexibility index (Phi) is 4.24. The van der Waals surface area contributed by atoms with Gasteiger partial charge < -0.3 is 11.1 Å². The van der Waals surface area contributed by atoms with Crippen LogP contribution in [0.4, 0.5) is 15.8 Å². The molecule has 1 aromatic carbocycles. The number of aryl methyl sites for hydroxylation is 1. The lowest BCUT2D eigenvalue weighted by Gasteiger charge is -2.09. The smallest absolute Gasteiger partial charge is 0.226 e. The van der Waals surface area contributed by atoms with Gasteiger partial charge in [0.25, 0.3) is 0 Å². The first-order valence-electron chi connectivity index (χ1n) is 6.00. The van der Waals surface area contributed by atoms with Crippen molar-refractivity contribution in [2.45, 2.75) is 19.9 Å². The number of halogens is 2. The Labute approximate surface area is 120 Å². The standard InChI is InChI=1S/C13H14ClFN4O/c1-8-10(14)7-17-19(8)5-4-13(20)18-12-3-2-9(15)6-11(12)16/h2-3,6-7H,4-5,16H2,1H3,(H,18,20). The van der Waals surface area contributed by atoms with E-state index in [0.717, 1.165) is 11.8 Å².